The Labute approximate surface area is 228 Å². The maximum Gasteiger partial charge on any atom is 0.407 e. The molecule has 3 aromatic heterocycles. The molecule has 0 unspecified atom stereocenters. The fourth-order valence-electron chi connectivity index (χ4n) is 4.83. The number of anilines is 2. The maximum absolute atomic E-state index is 12.0. The third-order valence-electron chi connectivity index (χ3n) is 6.92. The molecule has 0 aliphatic carbocycles. The van der Waals surface area contributed by atoms with Crippen molar-refractivity contribution in [3.63, 3.8) is 0 Å². The number of alkyl carbamates (subject to hydrolysis) is 1. The zero-order valence-corrected chi connectivity index (χ0v) is 22.9. The van der Waals surface area contributed by atoms with Gasteiger partial charge < -0.3 is 20.3 Å². The molecule has 2 N–H and O–H groups in total. The highest BCUT2D eigenvalue weighted by molar-refractivity contribution is 5.79. The molecule has 0 atom stereocenters. The van der Waals surface area contributed by atoms with Crippen LogP contribution >= 0.6 is 0 Å². The van der Waals surface area contributed by atoms with Crippen LogP contribution < -0.4 is 15.5 Å². The lowest BCUT2D eigenvalue weighted by Gasteiger charge is -2.32. The van der Waals surface area contributed by atoms with Crippen LogP contribution in [0.15, 0.2) is 48.9 Å². The number of aryl methyl sites for hydroxylation is 2. The highest BCUT2D eigenvalue weighted by atomic mass is 16.5. The van der Waals surface area contributed by atoms with E-state index >= 15 is 0 Å². The molecule has 39 heavy (non-hydrogen) atoms. The van der Waals surface area contributed by atoms with E-state index in [2.05, 4.69) is 57.5 Å². The number of carbonyl (C=O) groups is 1. The first-order valence-electron chi connectivity index (χ1n) is 13.7. The highest BCUT2D eigenvalue weighted by Crippen LogP contribution is 2.27. The summed E-state index contributed by atoms with van der Waals surface area (Å²) in [6, 6.07) is 12.6. The van der Waals surface area contributed by atoms with Crippen molar-refractivity contribution in [2.24, 2.45) is 0 Å². The maximum atomic E-state index is 12.0. The largest absolute Gasteiger partial charge is 0.450 e. The van der Waals surface area contributed by atoms with Gasteiger partial charge in [-0.25, -0.2) is 19.3 Å². The van der Waals surface area contributed by atoms with Gasteiger partial charge in [-0.1, -0.05) is 31.5 Å². The Morgan fingerprint density at radius 2 is 1.97 bits per heavy atom. The van der Waals surface area contributed by atoms with E-state index in [-0.39, 0.29) is 6.04 Å². The number of ether oxygens (including phenoxy) is 1. The van der Waals surface area contributed by atoms with Gasteiger partial charge in [-0.05, 0) is 61.9 Å². The van der Waals surface area contributed by atoms with Crippen molar-refractivity contribution in [2.75, 3.05) is 29.9 Å². The second-order valence-corrected chi connectivity index (χ2v) is 10.1. The standard InChI is InChI=1S/C29H36N8O2/c1-4-5-13-39-29(38)30-17-22-7-6-8-23(16-22)25-14-20(2)18-37-27(25)34-28(35-37)33-24-9-11-36(12-10-24)26-15-21(3)31-19-32-26/h6-8,14-16,18-19,24H,4-5,9-13,17H2,1-3H3,(H,30,38)(H,33,35). The van der Waals surface area contributed by atoms with Crippen LogP contribution in [0.2, 0.25) is 0 Å². The average Bonchev–Trinajstić information content (AvgIpc) is 3.34. The third-order valence-corrected chi connectivity index (χ3v) is 6.92. The van der Waals surface area contributed by atoms with Gasteiger partial charge in [0, 0.05) is 49.2 Å². The third kappa shape index (κ3) is 6.63. The van der Waals surface area contributed by atoms with Gasteiger partial charge in [-0.2, -0.15) is 4.98 Å². The van der Waals surface area contributed by atoms with Gasteiger partial charge >= 0.3 is 6.09 Å². The molecule has 1 aliphatic rings. The minimum Gasteiger partial charge on any atom is -0.450 e. The van der Waals surface area contributed by atoms with Crippen molar-refractivity contribution in [3.8, 4) is 11.1 Å². The summed E-state index contributed by atoms with van der Waals surface area (Å²) in [5.41, 5.74) is 5.87. The lowest BCUT2D eigenvalue weighted by molar-refractivity contribution is 0.144. The number of hydrogen-bond donors (Lipinski definition) is 2. The van der Waals surface area contributed by atoms with Crippen molar-refractivity contribution in [1.29, 1.82) is 0 Å². The van der Waals surface area contributed by atoms with Gasteiger partial charge in [0.15, 0.2) is 5.65 Å². The number of hydrogen-bond acceptors (Lipinski definition) is 8. The Balaban J connectivity index is 1.27. The number of unbranched alkanes of at least 4 members (excludes halogenated alkanes) is 1. The first-order valence-corrected chi connectivity index (χ1v) is 13.7. The van der Waals surface area contributed by atoms with Crippen LogP contribution in [0.1, 0.15) is 49.4 Å². The summed E-state index contributed by atoms with van der Waals surface area (Å²) in [6.45, 7) is 8.78. The van der Waals surface area contributed by atoms with E-state index in [4.69, 9.17) is 14.8 Å². The summed E-state index contributed by atoms with van der Waals surface area (Å²) in [6.07, 6.45) is 7.03. The highest BCUT2D eigenvalue weighted by Gasteiger charge is 2.22. The van der Waals surface area contributed by atoms with E-state index in [9.17, 15) is 4.79 Å². The molecule has 1 amide bonds. The summed E-state index contributed by atoms with van der Waals surface area (Å²) >= 11 is 0. The molecule has 5 rings (SSSR count). The van der Waals surface area contributed by atoms with Crippen molar-refractivity contribution in [3.05, 3.63) is 65.7 Å². The number of benzene rings is 1. The van der Waals surface area contributed by atoms with Gasteiger partial charge in [0.25, 0.3) is 0 Å². The van der Waals surface area contributed by atoms with Crippen molar-refractivity contribution in [1.82, 2.24) is 29.9 Å². The molecule has 4 aromatic rings. The summed E-state index contributed by atoms with van der Waals surface area (Å²) in [4.78, 5) is 27.8. The number of fused-ring (bicyclic) bond motifs is 1. The lowest BCUT2D eigenvalue weighted by Crippen LogP contribution is -2.39. The molecule has 10 nitrogen and oxygen atoms in total. The molecule has 10 heteroatoms. The fourth-order valence-corrected chi connectivity index (χ4v) is 4.83. The topological polar surface area (TPSA) is 110 Å². The molecular formula is C29H36N8O2. The monoisotopic (exact) mass is 528 g/mol. The molecule has 204 valence electrons. The summed E-state index contributed by atoms with van der Waals surface area (Å²) in [5, 5.41) is 11.1. The number of pyridine rings is 1. The number of carbonyl (C=O) groups excluding carboxylic acids is 1. The second kappa shape index (κ2) is 12.1. The summed E-state index contributed by atoms with van der Waals surface area (Å²) < 4.78 is 7.05. The number of aromatic nitrogens is 5. The Hall–Kier alpha value is -4.21. The number of nitrogens with zero attached hydrogens (tertiary/aromatic N) is 6. The van der Waals surface area contributed by atoms with Crippen LogP contribution in [0.4, 0.5) is 16.6 Å². The van der Waals surface area contributed by atoms with E-state index in [1.54, 1.807) is 6.33 Å². The first kappa shape index (κ1) is 26.4. The molecule has 1 aliphatic heterocycles. The molecule has 0 radical (unpaired) electrons. The average molecular weight is 529 g/mol. The smallest absolute Gasteiger partial charge is 0.407 e. The molecule has 4 heterocycles. The van der Waals surface area contributed by atoms with E-state index < -0.39 is 6.09 Å². The van der Waals surface area contributed by atoms with E-state index in [0.717, 1.165) is 78.2 Å². The van der Waals surface area contributed by atoms with Gasteiger partial charge in [0.2, 0.25) is 5.95 Å². The van der Waals surface area contributed by atoms with Crippen LogP contribution in [-0.2, 0) is 11.3 Å². The number of piperidine rings is 1. The van der Waals surface area contributed by atoms with Crippen LogP contribution in [0.5, 0.6) is 0 Å². The summed E-state index contributed by atoms with van der Waals surface area (Å²) in [7, 11) is 0. The number of nitrogens with one attached hydrogen (secondary N) is 2. The minimum atomic E-state index is -0.391. The van der Waals surface area contributed by atoms with Crippen LogP contribution in [0.3, 0.4) is 0 Å². The van der Waals surface area contributed by atoms with E-state index in [0.29, 0.717) is 19.1 Å². The Bertz CT molecular complexity index is 1430. The quantitative estimate of drug-likeness (QED) is 0.295. The van der Waals surface area contributed by atoms with Crippen LogP contribution in [0, 0.1) is 13.8 Å². The number of rotatable bonds is 9. The van der Waals surface area contributed by atoms with Crippen molar-refractivity contribution >= 4 is 23.5 Å². The molecule has 1 fully saturated rings. The molecule has 0 spiro atoms. The molecule has 0 saturated carbocycles. The van der Waals surface area contributed by atoms with Crippen LogP contribution in [0.25, 0.3) is 16.8 Å². The SMILES string of the molecule is CCCCOC(=O)NCc1cccc(-c2cc(C)cn3nc(NC4CCN(c5cc(C)ncn5)CC4)nc23)c1. The predicted molar refractivity (Wildman–Crippen MR) is 152 cm³/mol. The van der Waals surface area contributed by atoms with Crippen LogP contribution in [-0.4, -0.2) is 56.4 Å². The molecule has 1 aromatic carbocycles. The summed E-state index contributed by atoms with van der Waals surface area (Å²) in [5.74, 6) is 1.61. The predicted octanol–water partition coefficient (Wildman–Crippen LogP) is 4.91. The van der Waals surface area contributed by atoms with E-state index in [1.807, 2.05) is 35.8 Å². The van der Waals surface area contributed by atoms with Gasteiger partial charge in [0.05, 0.1) is 6.61 Å². The lowest BCUT2D eigenvalue weighted by atomic mass is 10.0. The molecule has 0 bridgehead atoms. The van der Waals surface area contributed by atoms with Crippen molar-refractivity contribution < 1.29 is 9.53 Å². The first-order chi connectivity index (χ1) is 19.0. The van der Waals surface area contributed by atoms with E-state index in [1.165, 1.54) is 0 Å². The Morgan fingerprint density at radius 1 is 1.13 bits per heavy atom. The molecular weight excluding hydrogens is 492 g/mol. The van der Waals surface area contributed by atoms with Gasteiger partial charge in [0.1, 0.15) is 12.1 Å². The van der Waals surface area contributed by atoms with Gasteiger partial charge in [-0.3, -0.25) is 0 Å². The van der Waals surface area contributed by atoms with Crippen molar-refractivity contribution in [2.45, 2.75) is 59.0 Å². The zero-order chi connectivity index (χ0) is 27.2. The Kier molecular flexibility index (Phi) is 8.19. The normalized spacial score (nSPS) is 14.0. The minimum absolute atomic E-state index is 0.289. The second-order valence-electron chi connectivity index (χ2n) is 10.1. The zero-order valence-electron chi connectivity index (χ0n) is 22.9. The fraction of sp³-hybridized carbons (Fsp3) is 0.414. The molecule has 1 saturated heterocycles. The Morgan fingerprint density at radius 3 is 2.77 bits per heavy atom. The number of amides is 1. The van der Waals surface area contributed by atoms with Gasteiger partial charge in [-0.15, -0.1) is 5.10 Å².